The van der Waals surface area contributed by atoms with E-state index in [1.54, 1.807) is 10.5 Å². The molecule has 94 valence electrons. The third kappa shape index (κ3) is 1.97. The van der Waals surface area contributed by atoms with Crippen LogP contribution in [0.1, 0.15) is 16.1 Å². The summed E-state index contributed by atoms with van der Waals surface area (Å²) in [6.45, 7) is 1.85. The second kappa shape index (κ2) is 4.24. The largest absolute Gasteiger partial charge is 0.478 e. The van der Waals surface area contributed by atoms with Crippen molar-refractivity contribution in [2.24, 2.45) is 0 Å². The Bertz CT molecular complexity index is 760. The number of hydrogen-bond donors (Lipinski definition) is 1. The van der Waals surface area contributed by atoms with Crippen LogP contribution in [0.4, 0.5) is 0 Å². The van der Waals surface area contributed by atoms with E-state index in [-0.39, 0.29) is 5.56 Å². The fraction of sp³-hybridized carbons (Fsp3) is 0.0667. The highest BCUT2D eigenvalue weighted by Crippen LogP contribution is 2.23. The quantitative estimate of drug-likeness (QED) is 0.762. The van der Waals surface area contributed by atoms with Gasteiger partial charge in [0.1, 0.15) is 5.56 Å². The van der Waals surface area contributed by atoms with Crippen molar-refractivity contribution in [2.45, 2.75) is 6.92 Å². The SMILES string of the molecule is Cc1cn2cc(-c3ccccc3)cc(C(=O)O)c2n1. The molecule has 4 heteroatoms. The highest BCUT2D eigenvalue weighted by Gasteiger charge is 2.13. The van der Waals surface area contributed by atoms with E-state index in [4.69, 9.17) is 0 Å². The number of aromatic nitrogens is 2. The number of carboxylic acids is 1. The minimum absolute atomic E-state index is 0.217. The third-order valence-electron chi connectivity index (χ3n) is 3.01. The molecule has 0 fully saturated rings. The zero-order valence-corrected chi connectivity index (χ0v) is 10.4. The van der Waals surface area contributed by atoms with Crippen molar-refractivity contribution in [2.75, 3.05) is 0 Å². The Labute approximate surface area is 110 Å². The first-order chi connectivity index (χ1) is 9.15. The molecule has 1 aromatic carbocycles. The first kappa shape index (κ1) is 11.5. The molecule has 3 rings (SSSR count). The molecule has 0 spiro atoms. The van der Waals surface area contributed by atoms with Gasteiger partial charge in [-0.25, -0.2) is 9.78 Å². The van der Waals surface area contributed by atoms with Gasteiger partial charge in [-0.3, -0.25) is 0 Å². The molecule has 0 aliphatic rings. The smallest absolute Gasteiger partial charge is 0.339 e. The lowest BCUT2D eigenvalue weighted by Crippen LogP contribution is -2.01. The maximum Gasteiger partial charge on any atom is 0.339 e. The number of imidazole rings is 1. The van der Waals surface area contributed by atoms with Crippen molar-refractivity contribution >= 4 is 11.6 Å². The molecule has 1 N–H and O–H groups in total. The van der Waals surface area contributed by atoms with Crippen LogP contribution in [0.2, 0.25) is 0 Å². The summed E-state index contributed by atoms with van der Waals surface area (Å²) in [5.41, 5.74) is 3.34. The molecule has 0 aliphatic carbocycles. The number of fused-ring (bicyclic) bond motifs is 1. The van der Waals surface area contributed by atoms with Crippen LogP contribution in [-0.2, 0) is 0 Å². The van der Waals surface area contributed by atoms with Crippen molar-refractivity contribution in [3.05, 3.63) is 60.0 Å². The molecule has 0 aliphatic heterocycles. The molecule has 2 aromatic heterocycles. The van der Waals surface area contributed by atoms with Crippen molar-refractivity contribution in [3.63, 3.8) is 0 Å². The summed E-state index contributed by atoms with van der Waals surface area (Å²) in [5, 5.41) is 9.31. The number of carboxylic acid groups (broad SMARTS) is 1. The number of rotatable bonds is 2. The van der Waals surface area contributed by atoms with Crippen molar-refractivity contribution in [1.82, 2.24) is 9.38 Å². The average Bonchev–Trinajstić information content (AvgIpc) is 2.78. The van der Waals surface area contributed by atoms with Gasteiger partial charge in [0.2, 0.25) is 0 Å². The highest BCUT2D eigenvalue weighted by molar-refractivity contribution is 5.96. The van der Waals surface area contributed by atoms with E-state index < -0.39 is 5.97 Å². The van der Waals surface area contributed by atoms with Crippen LogP contribution in [0.25, 0.3) is 16.8 Å². The molecule has 19 heavy (non-hydrogen) atoms. The third-order valence-corrected chi connectivity index (χ3v) is 3.01. The van der Waals surface area contributed by atoms with Crippen LogP contribution >= 0.6 is 0 Å². The fourth-order valence-electron chi connectivity index (χ4n) is 2.17. The molecular weight excluding hydrogens is 240 g/mol. The Hall–Kier alpha value is -2.62. The van der Waals surface area contributed by atoms with Crippen molar-refractivity contribution in [1.29, 1.82) is 0 Å². The number of nitrogens with zero attached hydrogens (tertiary/aromatic N) is 2. The Morgan fingerprint density at radius 2 is 1.89 bits per heavy atom. The summed E-state index contributed by atoms with van der Waals surface area (Å²) in [6, 6.07) is 11.4. The van der Waals surface area contributed by atoms with Crippen LogP contribution in [0.15, 0.2) is 48.8 Å². The second-order valence-electron chi connectivity index (χ2n) is 4.43. The maximum absolute atomic E-state index is 11.4. The van der Waals surface area contributed by atoms with Crippen LogP contribution in [0.5, 0.6) is 0 Å². The summed E-state index contributed by atoms with van der Waals surface area (Å²) in [6.07, 6.45) is 3.73. The number of hydrogen-bond acceptors (Lipinski definition) is 2. The lowest BCUT2D eigenvalue weighted by molar-refractivity contribution is 0.0698. The lowest BCUT2D eigenvalue weighted by atomic mass is 10.1. The molecule has 0 radical (unpaired) electrons. The van der Waals surface area contributed by atoms with E-state index in [1.807, 2.05) is 49.6 Å². The minimum Gasteiger partial charge on any atom is -0.478 e. The van der Waals surface area contributed by atoms with Gasteiger partial charge < -0.3 is 9.51 Å². The average molecular weight is 252 g/mol. The molecule has 3 aromatic rings. The summed E-state index contributed by atoms with van der Waals surface area (Å²) in [5.74, 6) is -0.964. The first-order valence-electron chi connectivity index (χ1n) is 5.93. The van der Waals surface area contributed by atoms with Gasteiger partial charge in [0.25, 0.3) is 0 Å². The van der Waals surface area contributed by atoms with Gasteiger partial charge in [-0.15, -0.1) is 0 Å². The number of aromatic carboxylic acids is 1. The molecule has 2 heterocycles. The molecule has 0 saturated carbocycles. The Morgan fingerprint density at radius 1 is 1.16 bits per heavy atom. The van der Waals surface area contributed by atoms with Crippen molar-refractivity contribution in [3.8, 4) is 11.1 Å². The van der Waals surface area contributed by atoms with E-state index >= 15 is 0 Å². The van der Waals surface area contributed by atoms with Crippen LogP contribution in [0, 0.1) is 6.92 Å². The summed E-state index contributed by atoms with van der Waals surface area (Å²) < 4.78 is 1.76. The molecule has 0 amide bonds. The minimum atomic E-state index is -0.964. The number of carbonyl (C=O) groups is 1. The van der Waals surface area contributed by atoms with Crippen LogP contribution < -0.4 is 0 Å². The van der Waals surface area contributed by atoms with Gasteiger partial charge in [0.15, 0.2) is 5.65 Å². The molecule has 4 nitrogen and oxygen atoms in total. The standard InChI is InChI=1S/C15H12N2O2/c1-10-8-17-9-12(11-5-3-2-4-6-11)7-13(15(18)19)14(17)16-10/h2-9H,1H3,(H,18,19). The fourth-order valence-corrected chi connectivity index (χ4v) is 2.17. The predicted molar refractivity (Wildman–Crippen MR) is 72.3 cm³/mol. The Kier molecular flexibility index (Phi) is 2.56. The van der Waals surface area contributed by atoms with Gasteiger partial charge in [-0.05, 0) is 24.1 Å². The molecule has 0 unspecified atom stereocenters. The predicted octanol–water partition coefficient (Wildman–Crippen LogP) is 3.01. The lowest BCUT2D eigenvalue weighted by Gasteiger charge is -2.05. The maximum atomic E-state index is 11.4. The zero-order chi connectivity index (χ0) is 13.4. The zero-order valence-electron chi connectivity index (χ0n) is 10.4. The number of benzene rings is 1. The van der Waals surface area contributed by atoms with E-state index in [2.05, 4.69) is 4.98 Å². The van der Waals surface area contributed by atoms with E-state index in [0.717, 1.165) is 16.8 Å². The van der Waals surface area contributed by atoms with Gasteiger partial charge >= 0.3 is 5.97 Å². The van der Waals surface area contributed by atoms with Crippen LogP contribution in [0.3, 0.4) is 0 Å². The first-order valence-corrected chi connectivity index (χ1v) is 5.93. The van der Waals surface area contributed by atoms with Gasteiger partial charge in [0, 0.05) is 12.4 Å². The van der Waals surface area contributed by atoms with Gasteiger partial charge in [-0.1, -0.05) is 30.3 Å². The monoisotopic (exact) mass is 252 g/mol. The molecule has 0 saturated heterocycles. The van der Waals surface area contributed by atoms with E-state index in [0.29, 0.717) is 5.65 Å². The van der Waals surface area contributed by atoms with Gasteiger partial charge in [0.05, 0.1) is 5.69 Å². The summed E-state index contributed by atoms with van der Waals surface area (Å²) in [7, 11) is 0. The Balaban J connectivity index is 2.30. The van der Waals surface area contributed by atoms with E-state index in [1.165, 1.54) is 0 Å². The van der Waals surface area contributed by atoms with Crippen LogP contribution in [-0.4, -0.2) is 20.5 Å². The second-order valence-corrected chi connectivity index (χ2v) is 4.43. The number of pyridine rings is 1. The molecule has 0 bridgehead atoms. The molecular formula is C15H12N2O2. The van der Waals surface area contributed by atoms with E-state index in [9.17, 15) is 9.90 Å². The van der Waals surface area contributed by atoms with Crippen molar-refractivity contribution < 1.29 is 9.90 Å². The summed E-state index contributed by atoms with van der Waals surface area (Å²) >= 11 is 0. The Morgan fingerprint density at radius 3 is 2.58 bits per heavy atom. The summed E-state index contributed by atoms with van der Waals surface area (Å²) in [4.78, 5) is 15.6. The number of aryl methyl sites for hydroxylation is 1. The molecule has 0 atom stereocenters. The highest BCUT2D eigenvalue weighted by atomic mass is 16.4. The normalized spacial score (nSPS) is 10.8. The van der Waals surface area contributed by atoms with Gasteiger partial charge in [-0.2, -0.15) is 0 Å². The topological polar surface area (TPSA) is 54.6 Å².